The molecule has 40 heavy (non-hydrogen) atoms. The molecule has 200 valence electrons. The molecule has 3 aromatic heterocycles. The monoisotopic (exact) mass is 538 g/mol. The quantitative estimate of drug-likeness (QED) is 0.250. The average Bonchev–Trinajstić information content (AvgIpc) is 3.65. The Kier molecular flexibility index (Phi) is 6.74. The van der Waals surface area contributed by atoms with Gasteiger partial charge in [-0.05, 0) is 43.4 Å². The van der Waals surface area contributed by atoms with Gasteiger partial charge < -0.3 is 15.6 Å². The minimum Gasteiger partial charge on any atom is -0.365 e. The van der Waals surface area contributed by atoms with Crippen LogP contribution in [-0.4, -0.2) is 39.5 Å². The van der Waals surface area contributed by atoms with Crippen molar-refractivity contribution < 1.29 is 13.6 Å². The van der Waals surface area contributed by atoms with E-state index < -0.39 is 11.6 Å². The summed E-state index contributed by atoms with van der Waals surface area (Å²) in [6, 6.07) is 9.83. The number of pyridine rings is 2. The van der Waals surface area contributed by atoms with Crippen molar-refractivity contribution in [1.29, 1.82) is 0 Å². The zero-order valence-electron chi connectivity index (χ0n) is 21.3. The molecule has 6 rings (SSSR count). The molecule has 1 amide bonds. The standard InChI is InChI=1S/C29H24F2N8O/c1-32-26-23(16-6-3-2-4-7-16)24(31)28(38-25(26)21-15-34-27-20(21)12-17(30)14-33-27)36-18-8-5-9-19(13-18)37-29(40)22-10-11-35-39-22/h2-4,6-7,10,12,14-15,18-19H,5,8-9,11,13H2,(H,33,34)(H,36,38)(H,37,40)/t18-,19+/m1/s1. The minimum atomic E-state index is -0.646. The molecule has 4 aromatic rings. The van der Waals surface area contributed by atoms with Crippen molar-refractivity contribution in [3.05, 3.63) is 83.6 Å². The van der Waals surface area contributed by atoms with Gasteiger partial charge in [-0.3, -0.25) is 4.79 Å². The Morgan fingerprint density at radius 2 is 1.98 bits per heavy atom. The number of aromatic amines is 1. The van der Waals surface area contributed by atoms with Crippen LogP contribution in [0.1, 0.15) is 25.7 Å². The number of halogens is 2. The van der Waals surface area contributed by atoms with Gasteiger partial charge in [0, 0.05) is 34.8 Å². The van der Waals surface area contributed by atoms with E-state index in [2.05, 4.69) is 40.7 Å². The highest BCUT2D eigenvalue weighted by Crippen LogP contribution is 2.44. The zero-order chi connectivity index (χ0) is 27.6. The summed E-state index contributed by atoms with van der Waals surface area (Å²) in [5.74, 6) is -1.46. The maximum Gasteiger partial charge on any atom is 0.271 e. The predicted molar refractivity (Wildman–Crippen MR) is 147 cm³/mol. The first kappa shape index (κ1) is 25.3. The number of carbonyl (C=O) groups excluding carboxylic acids is 1. The average molecular weight is 539 g/mol. The van der Waals surface area contributed by atoms with Gasteiger partial charge in [-0.25, -0.2) is 23.6 Å². The maximum absolute atomic E-state index is 16.2. The summed E-state index contributed by atoms with van der Waals surface area (Å²) >= 11 is 0. The van der Waals surface area contributed by atoms with Crippen molar-refractivity contribution in [3.63, 3.8) is 0 Å². The second-order valence-corrected chi connectivity index (χ2v) is 9.77. The van der Waals surface area contributed by atoms with Crippen LogP contribution in [0.4, 0.5) is 20.3 Å². The van der Waals surface area contributed by atoms with Crippen LogP contribution in [0.3, 0.4) is 0 Å². The lowest BCUT2D eigenvalue weighted by Gasteiger charge is -2.31. The van der Waals surface area contributed by atoms with Gasteiger partial charge in [0.05, 0.1) is 25.0 Å². The molecule has 11 heteroatoms. The number of anilines is 1. The van der Waals surface area contributed by atoms with Crippen LogP contribution in [0.15, 0.2) is 70.8 Å². The largest absolute Gasteiger partial charge is 0.365 e. The number of carbonyl (C=O) groups is 1. The molecule has 0 unspecified atom stereocenters. The Bertz CT molecular complexity index is 1710. The van der Waals surface area contributed by atoms with E-state index in [1.54, 1.807) is 36.5 Å². The highest BCUT2D eigenvalue weighted by Gasteiger charge is 2.29. The van der Waals surface area contributed by atoms with Crippen LogP contribution < -0.4 is 10.6 Å². The van der Waals surface area contributed by atoms with Crippen molar-refractivity contribution >= 4 is 28.4 Å². The number of hydrogen-bond donors (Lipinski definition) is 3. The third-order valence-electron chi connectivity index (χ3n) is 7.17. The van der Waals surface area contributed by atoms with Gasteiger partial charge in [-0.2, -0.15) is 10.2 Å². The van der Waals surface area contributed by atoms with E-state index in [-0.39, 0.29) is 40.8 Å². The number of azo groups is 1. The zero-order valence-corrected chi connectivity index (χ0v) is 21.3. The molecule has 0 radical (unpaired) electrons. The fourth-order valence-corrected chi connectivity index (χ4v) is 5.32. The number of amides is 1. The smallest absolute Gasteiger partial charge is 0.271 e. The fraction of sp³-hybridized carbons (Fsp3) is 0.241. The highest BCUT2D eigenvalue weighted by atomic mass is 19.1. The summed E-state index contributed by atoms with van der Waals surface area (Å²) < 4.78 is 30.4. The number of aromatic nitrogens is 3. The van der Waals surface area contributed by atoms with Crippen molar-refractivity contribution in [3.8, 4) is 22.4 Å². The number of nitrogens with one attached hydrogen (secondary N) is 3. The molecule has 1 aromatic carbocycles. The van der Waals surface area contributed by atoms with Crippen LogP contribution in [0.25, 0.3) is 38.3 Å². The van der Waals surface area contributed by atoms with Gasteiger partial charge >= 0.3 is 0 Å². The Labute approximate surface area is 228 Å². The van der Waals surface area contributed by atoms with E-state index >= 15 is 4.39 Å². The lowest BCUT2D eigenvalue weighted by atomic mass is 9.90. The van der Waals surface area contributed by atoms with Crippen LogP contribution in [-0.2, 0) is 4.79 Å². The molecular formula is C29H24F2N8O. The molecule has 0 bridgehead atoms. The third-order valence-corrected chi connectivity index (χ3v) is 7.17. The Morgan fingerprint density at radius 1 is 1.15 bits per heavy atom. The minimum absolute atomic E-state index is 0.00996. The van der Waals surface area contributed by atoms with Crippen molar-refractivity contribution in [2.24, 2.45) is 10.2 Å². The lowest BCUT2D eigenvalue weighted by molar-refractivity contribution is -0.118. The number of nitrogens with zero attached hydrogens (tertiary/aromatic N) is 5. The van der Waals surface area contributed by atoms with Crippen LogP contribution >= 0.6 is 0 Å². The molecule has 0 spiro atoms. The molecule has 0 saturated heterocycles. The van der Waals surface area contributed by atoms with Crippen LogP contribution in [0.2, 0.25) is 0 Å². The number of H-pyrrole nitrogens is 1. The lowest BCUT2D eigenvalue weighted by Crippen LogP contribution is -2.42. The third kappa shape index (κ3) is 4.80. The van der Waals surface area contributed by atoms with Gasteiger partial charge in [0.2, 0.25) is 5.69 Å². The molecular weight excluding hydrogens is 514 g/mol. The topological polar surface area (TPSA) is 112 Å². The molecule has 1 fully saturated rings. The summed E-state index contributed by atoms with van der Waals surface area (Å²) in [5.41, 5.74) is 2.05. The van der Waals surface area contributed by atoms with Crippen molar-refractivity contribution in [1.82, 2.24) is 20.3 Å². The normalized spacial score (nSPS) is 18.4. The molecule has 1 saturated carbocycles. The van der Waals surface area contributed by atoms with Crippen molar-refractivity contribution in [2.45, 2.75) is 37.8 Å². The van der Waals surface area contributed by atoms with E-state index in [1.807, 2.05) is 6.07 Å². The molecule has 4 heterocycles. The molecule has 9 nitrogen and oxygen atoms in total. The molecule has 2 aliphatic rings. The number of rotatable bonds is 6. The van der Waals surface area contributed by atoms with E-state index in [9.17, 15) is 9.18 Å². The Morgan fingerprint density at radius 3 is 2.75 bits per heavy atom. The molecule has 2 atom stereocenters. The second kappa shape index (κ2) is 10.6. The SMILES string of the molecule is [C-]#[N+]c1c(-c2c[nH]c3ncc(F)cc23)nc(N[C@@H]2CCC[C@H](NC(=O)C3=CCN=N3)C2)c(F)c1-c1ccccc1. The van der Waals surface area contributed by atoms with Gasteiger partial charge in [0.1, 0.15) is 17.2 Å². The Hall–Kier alpha value is -4.98. The maximum atomic E-state index is 16.2. The van der Waals surface area contributed by atoms with E-state index in [0.717, 1.165) is 25.5 Å². The van der Waals surface area contributed by atoms with E-state index in [0.29, 0.717) is 40.8 Å². The predicted octanol–water partition coefficient (Wildman–Crippen LogP) is 6.31. The van der Waals surface area contributed by atoms with Gasteiger partial charge in [-0.15, -0.1) is 0 Å². The molecule has 1 aliphatic carbocycles. The Balaban J connectivity index is 1.39. The van der Waals surface area contributed by atoms with Crippen LogP contribution in [0.5, 0.6) is 0 Å². The highest BCUT2D eigenvalue weighted by molar-refractivity contribution is 6.00. The summed E-state index contributed by atoms with van der Waals surface area (Å²) in [6.07, 6.45) is 7.28. The first-order chi connectivity index (χ1) is 19.5. The van der Waals surface area contributed by atoms with E-state index in [1.165, 1.54) is 6.07 Å². The fourth-order valence-electron chi connectivity index (χ4n) is 5.32. The molecule has 3 N–H and O–H groups in total. The second-order valence-electron chi connectivity index (χ2n) is 9.77. The van der Waals surface area contributed by atoms with Gasteiger partial charge in [0.15, 0.2) is 11.6 Å². The summed E-state index contributed by atoms with van der Waals surface area (Å²) in [6.45, 7) is 8.35. The van der Waals surface area contributed by atoms with Crippen LogP contribution in [0, 0.1) is 18.2 Å². The first-order valence-electron chi connectivity index (χ1n) is 13.0. The number of benzene rings is 1. The van der Waals surface area contributed by atoms with Gasteiger partial charge in [-0.1, -0.05) is 30.3 Å². The van der Waals surface area contributed by atoms with E-state index in [4.69, 9.17) is 6.57 Å². The summed E-state index contributed by atoms with van der Waals surface area (Å²) in [5, 5.41) is 14.4. The first-order valence-corrected chi connectivity index (χ1v) is 13.0. The molecule has 1 aliphatic heterocycles. The summed E-state index contributed by atoms with van der Waals surface area (Å²) in [7, 11) is 0. The number of fused-ring (bicyclic) bond motifs is 1. The summed E-state index contributed by atoms with van der Waals surface area (Å²) in [4.78, 5) is 27.9. The van der Waals surface area contributed by atoms with Crippen molar-refractivity contribution in [2.75, 3.05) is 11.9 Å². The number of hydrogen-bond acceptors (Lipinski definition) is 6. The van der Waals surface area contributed by atoms with Gasteiger partial charge in [0.25, 0.3) is 5.91 Å².